The van der Waals surface area contributed by atoms with Crippen LogP contribution in [0.3, 0.4) is 0 Å². The fourth-order valence-electron chi connectivity index (χ4n) is 1.08. The lowest BCUT2D eigenvalue weighted by Gasteiger charge is -1.96. The number of H-pyrrole nitrogens is 1. The fourth-order valence-corrected chi connectivity index (χ4v) is 1.08. The lowest BCUT2D eigenvalue weighted by molar-refractivity contribution is 0.628. The second-order valence-corrected chi connectivity index (χ2v) is 3.10. The molecule has 0 saturated heterocycles. The molecule has 0 aliphatic rings. The minimum Gasteiger partial charge on any atom is -0.289 e. The van der Waals surface area contributed by atoms with E-state index in [1.54, 1.807) is 12.1 Å². The van der Waals surface area contributed by atoms with Crippen LogP contribution in [0.4, 0.5) is 10.3 Å². The van der Waals surface area contributed by atoms with Crippen LogP contribution < -0.4 is 11.0 Å². The maximum absolute atomic E-state index is 12.6. The average Bonchev–Trinajstić information content (AvgIpc) is 2.32. The quantitative estimate of drug-likeness (QED) is 0.605. The van der Waals surface area contributed by atoms with Gasteiger partial charge in [0, 0.05) is 0 Å². The predicted molar refractivity (Wildman–Crippen MR) is 60.3 cm³/mol. The number of anilines is 1. The molecule has 1 aromatic carbocycles. The van der Waals surface area contributed by atoms with Crippen molar-refractivity contribution in [3.8, 4) is 0 Å². The zero-order valence-electron chi connectivity index (χ0n) is 8.59. The molecule has 2 N–H and O–H groups in total. The Bertz CT molecular complexity index is 578. The van der Waals surface area contributed by atoms with Crippen molar-refractivity contribution in [1.29, 1.82) is 0 Å². The van der Waals surface area contributed by atoms with E-state index in [0.717, 1.165) is 6.20 Å². The highest BCUT2D eigenvalue weighted by Crippen LogP contribution is 1.99. The van der Waals surface area contributed by atoms with Gasteiger partial charge in [-0.3, -0.25) is 9.78 Å². The Morgan fingerprint density at radius 2 is 2.12 bits per heavy atom. The van der Waals surface area contributed by atoms with E-state index in [-0.39, 0.29) is 17.3 Å². The number of benzene rings is 1. The molecule has 17 heavy (non-hydrogen) atoms. The molecule has 0 unspecified atom stereocenters. The molecule has 86 valence electrons. The summed E-state index contributed by atoms with van der Waals surface area (Å²) in [5.74, 6) is -0.177. The maximum Gasteiger partial charge on any atom is 0.271 e. The molecular weight excluding hydrogens is 225 g/mol. The van der Waals surface area contributed by atoms with Gasteiger partial charge in [-0.1, -0.05) is 12.1 Å². The summed E-state index contributed by atoms with van der Waals surface area (Å²) in [6, 6.07) is 5.79. The number of hydrazone groups is 1. The maximum atomic E-state index is 12.6. The largest absolute Gasteiger partial charge is 0.289 e. The van der Waals surface area contributed by atoms with Crippen LogP contribution in [0.15, 0.2) is 40.4 Å². The Kier molecular flexibility index (Phi) is 3.20. The summed E-state index contributed by atoms with van der Waals surface area (Å²) < 4.78 is 12.6. The molecule has 0 amide bonds. The third-order valence-electron chi connectivity index (χ3n) is 1.83. The zero-order valence-corrected chi connectivity index (χ0v) is 8.59. The van der Waals surface area contributed by atoms with Crippen molar-refractivity contribution in [2.24, 2.45) is 5.10 Å². The third-order valence-corrected chi connectivity index (χ3v) is 1.83. The smallest absolute Gasteiger partial charge is 0.271 e. The van der Waals surface area contributed by atoms with Gasteiger partial charge in [0.05, 0.1) is 6.21 Å². The number of aromatic amines is 1. The molecule has 6 nitrogen and oxygen atoms in total. The van der Waals surface area contributed by atoms with Crippen molar-refractivity contribution in [2.45, 2.75) is 0 Å². The normalized spacial score (nSPS) is 10.6. The van der Waals surface area contributed by atoms with E-state index in [1.807, 2.05) is 0 Å². The zero-order chi connectivity index (χ0) is 12.1. The van der Waals surface area contributed by atoms with Crippen LogP contribution >= 0.6 is 0 Å². The number of aromatic nitrogens is 3. The van der Waals surface area contributed by atoms with Gasteiger partial charge in [0.25, 0.3) is 5.56 Å². The van der Waals surface area contributed by atoms with Crippen molar-refractivity contribution in [1.82, 2.24) is 15.2 Å². The summed E-state index contributed by atoms with van der Waals surface area (Å²) in [6.07, 6.45) is 2.52. The van der Waals surface area contributed by atoms with E-state index < -0.39 is 0 Å². The van der Waals surface area contributed by atoms with Crippen LogP contribution in [0, 0.1) is 5.82 Å². The lowest BCUT2D eigenvalue weighted by atomic mass is 10.2. The van der Waals surface area contributed by atoms with Crippen LogP contribution in [0.2, 0.25) is 0 Å². The Morgan fingerprint density at radius 3 is 2.82 bits per heavy atom. The minimum atomic E-state index is -0.375. The molecule has 0 bridgehead atoms. The predicted octanol–water partition coefficient (Wildman–Crippen LogP) is 0.750. The Morgan fingerprint density at radius 1 is 1.35 bits per heavy atom. The fraction of sp³-hybridized carbons (Fsp3) is 0. The summed E-state index contributed by atoms with van der Waals surface area (Å²) >= 11 is 0. The van der Waals surface area contributed by atoms with Gasteiger partial charge < -0.3 is 0 Å². The molecule has 0 radical (unpaired) electrons. The summed E-state index contributed by atoms with van der Waals surface area (Å²) in [7, 11) is 0. The highest BCUT2D eigenvalue weighted by molar-refractivity contribution is 5.79. The first-order valence-electron chi connectivity index (χ1n) is 4.71. The van der Waals surface area contributed by atoms with Gasteiger partial charge >= 0.3 is 0 Å². The van der Waals surface area contributed by atoms with Crippen molar-refractivity contribution in [3.63, 3.8) is 0 Å². The molecule has 0 spiro atoms. The second-order valence-electron chi connectivity index (χ2n) is 3.10. The van der Waals surface area contributed by atoms with Crippen LogP contribution in [-0.4, -0.2) is 21.4 Å². The first kappa shape index (κ1) is 10.9. The van der Waals surface area contributed by atoms with Gasteiger partial charge in [-0.05, 0) is 17.7 Å². The van der Waals surface area contributed by atoms with E-state index in [1.165, 1.54) is 18.3 Å². The SMILES string of the molecule is O=c1cnnc(NN=Cc2ccc(F)cc2)[nH]1. The second kappa shape index (κ2) is 4.97. The van der Waals surface area contributed by atoms with E-state index in [2.05, 4.69) is 25.7 Å². The Balaban J connectivity index is 2.02. The van der Waals surface area contributed by atoms with Crippen molar-refractivity contribution in [3.05, 3.63) is 52.2 Å². The van der Waals surface area contributed by atoms with Gasteiger partial charge in [-0.2, -0.15) is 5.10 Å². The van der Waals surface area contributed by atoms with E-state index in [4.69, 9.17) is 0 Å². The van der Waals surface area contributed by atoms with E-state index in [0.29, 0.717) is 5.56 Å². The van der Waals surface area contributed by atoms with Crippen LogP contribution in [-0.2, 0) is 0 Å². The Hall–Kier alpha value is -2.57. The molecule has 0 aliphatic heterocycles. The molecule has 7 heteroatoms. The highest BCUT2D eigenvalue weighted by atomic mass is 19.1. The molecule has 0 atom stereocenters. The lowest BCUT2D eigenvalue weighted by Crippen LogP contribution is -2.10. The molecule has 0 fully saturated rings. The standard InChI is InChI=1S/C10H8FN5O/c11-8-3-1-7(2-4-8)5-12-15-10-14-9(17)6-13-16-10/h1-6H,(H2,14,15,16,17). The summed E-state index contributed by atoms with van der Waals surface area (Å²) in [4.78, 5) is 13.3. The monoisotopic (exact) mass is 233 g/mol. The van der Waals surface area contributed by atoms with Gasteiger partial charge in [-0.15, -0.1) is 10.2 Å². The Labute approximate surface area is 95.2 Å². The molecule has 0 aliphatic carbocycles. The molecule has 1 aromatic heterocycles. The van der Waals surface area contributed by atoms with Gasteiger partial charge in [0.1, 0.15) is 12.0 Å². The minimum absolute atomic E-state index is 0.135. The number of hydrogen-bond donors (Lipinski definition) is 2. The van der Waals surface area contributed by atoms with Crippen LogP contribution in [0.25, 0.3) is 0 Å². The topological polar surface area (TPSA) is 83.0 Å². The summed E-state index contributed by atoms with van der Waals surface area (Å²) in [6.45, 7) is 0. The molecular formula is C10H8FN5O. The van der Waals surface area contributed by atoms with Gasteiger partial charge in [0.2, 0.25) is 5.95 Å². The number of rotatable bonds is 3. The molecule has 2 rings (SSSR count). The number of halogens is 1. The van der Waals surface area contributed by atoms with Crippen molar-refractivity contribution in [2.75, 3.05) is 5.43 Å². The number of nitrogens with zero attached hydrogens (tertiary/aromatic N) is 3. The molecule has 1 heterocycles. The van der Waals surface area contributed by atoms with E-state index in [9.17, 15) is 9.18 Å². The molecule has 0 saturated carbocycles. The summed E-state index contributed by atoms with van der Waals surface area (Å²) in [5, 5.41) is 10.8. The van der Waals surface area contributed by atoms with E-state index >= 15 is 0 Å². The number of hydrogen-bond acceptors (Lipinski definition) is 5. The van der Waals surface area contributed by atoms with Gasteiger partial charge in [-0.25, -0.2) is 9.82 Å². The van der Waals surface area contributed by atoms with Crippen LogP contribution in [0.1, 0.15) is 5.56 Å². The highest BCUT2D eigenvalue weighted by Gasteiger charge is 1.92. The van der Waals surface area contributed by atoms with Crippen LogP contribution in [0.5, 0.6) is 0 Å². The average molecular weight is 233 g/mol. The van der Waals surface area contributed by atoms with Crippen molar-refractivity contribution < 1.29 is 4.39 Å². The third kappa shape index (κ3) is 3.20. The van der Waals surface area contributed by atoms with Gasteiger partial charge in [0.15, 0.2) is 0 Å². The molecule has 2 aromatic rings. The first-order valence-corrected chi connectivity index (χ1v) is 4.71. The first-order chi connectivity index (χ1) is 8.24. The number of nitrogens with one attached hydrogen (secondary N) is 2. The summed E-state index contributed by atoms with van der Waals surface area (Å²) in [5.41, 5.74) is 2.83. The van der Waals surface area contributed by atoms with Crippen molar-refractivity contribution >= 4 is 12.2 Å².